The van der Waals surface area contributed by atoms with Crippen LogP contribution in [0.5, 0.6) is 11.5 Å². The van der Waals surface area contributed by atoms with Gasteiger partial charge in [-0.05, 0) is 35.7 Å². The van der Waals surface area contributed by atoms with E-state index >= 15 is 0 Å². The Balaban J connectivity index is 1.84. The molecule has 0 saturated heterocycles. The van der Waals surface area contributed by atoms with Crippen LogP contribution in [0.4, 0.5) is 5.69 Å². The summed E-state index contributed by atoms with van der Waals surface area (Å²) in [5.74, 6) is 0.677. The molecule has 3 rings (SSSR count). The molecule has 0 radical (unpaired) electrons. The van der Waals surface area contributed by atoms with Crippen LogP contribution in [0, 0.1) is 16.7 Å². The van der Waals surface area contributed by atoms with Crippen molar-refractivity contribution in [1.82, 2.24) is 4.98 Å². The first kappa shape index (κ1) is 20.2. The molecule has 0 fully saturated rings. The minimum atomic E-state index is -0.388. The molecule has 6 heteroatoms. The van der Waals surface area contributed by atoms with E-state index in [-0.39, 0.29) is 17.0 Å². The second-order valence-corrected chi connectivity index (χ2v) is 7.85. The van der Waals surface area contributed by atoms with Gasteiger partial charge >= 0.3 is 0 Å². The van der Waals surface area contributed by atoms with Gasteiger partial charge in [-0.3, -0.25) is 4.79 Å². The van der Waals surface area contributed by atoms with Crippen molar-refractivity contribution in [3.05, 3.63) is 59.8 Å². The SMILES string of the molecule is COc1cc(C(=O)Nc2ccc(OCC(C)(C)C)c(C#N)c2)nc2ccccc12. The van der Waals surface area contributed by atoms with E-state index in [4.69, 9.17) is 9.47 Å². The number of carbonyl (C=O) groups is 1. The van der Waals surface area contributed by atoms with Gasteiger partial charge in [0.15, 0.2) is 0 Å². The lowest BCUT2D eigenvalue weighted by Gasteiger charge is -2.19. The molecular formula is C23H23N3O3. The summed E-state index contributed by atoms with van der Waals surface area (Å²) in [6.45, 7) is 6.64. The number of carbonyl (C=O) groups excluding carboxylic acids is 1. The molecule has 0 saturated carbocycles. The van der Waals surface area contributed by atoms with Gasteiger partial charge < -0.3 is 14.8 Å². The number of hydrogen-bond donors (Lipinski definition) is 1. The lowest BCUT2D eigenvalue weighted by molar-refractivity contribution is 0.102. The molecule has 2 aromatic carbocycles. The van der Waals surface area contributed by atoms with E-state index < -0.39 is 0 Å². The van der Waals surface area contributed by atoms with E-state index in [1.165, 1.54) is 0 Å². The molecule has 0 atom stereocenters. The number of fused-ring (bicyclic) bond motifs is 1. The summed E-state index contributed by atoms with van der Waals surface area (Å²) >= 11 is 0. The maximum absolute atomic E-state index is 12.7. The highest BCUT2D eigenvalue weighted by atomic mass is 16.5. The Labute approximate surface area is 170 Å². The number of methoxy groups -OCH3 is 1. The van der Waals surface area contributed by atoms with Gasteiger partial charge in [-0.2, -0.15) is 5.26 Å². The number of rotatable bonds is 5. The van der Waals surface area contributed by atoms with Gasteiger partial charge in [0.1, 0.15) is 23.3 Å². The summed E-state index contributed by atoms with van der Waals surface area (Å²) in [5, 5.41) is 13.1. The van der Waals surface area contributed by atoms with Crippen molar-refractivity contribution in [1.29, 1.82) is 5.26 Å². The Morgan fingerprint density at radius 2 is 1.90 bits per heavy atom. The minimum absolute atomic E-state index is 0.0274. The molecule has 0 spiro atoms. The fourth-order valence-corrected chi connectivity index (χ4v) is 2.74. The Hall–Kier alpha value is -3.59. The number of pyridine rings is 1. The summed E-state index contributed by atoms with van der Waals surface area (Å²) in [6, 6.07) is 16.2. The van der Waals surface area contributed by atoms with E-state index in [1.807, 2.05) is 24.3 Å². The first-order valence-corrected chi connectivity index (χ1v) is 9.23. The average molecular weight is 389 g/mol. The molecule has 6 nitrogen and oxygen atoms in total. The predicted octanol–water partition coefficient (Wildman–Crippen LogP) is 4.79. The minimum Gasteiger partial charge on any atom is -0.496 e. The Morgan fingerprint density at radius 1 is 1.14 bits per heavy atom. The van der Waals surface area contributed by atoms with E-state index in [0.717, 1.165) is 5.39 Å². The van der Waals surface area contributed by atoms with E-state index in [2.05, 4.69) is 37.1 Å². The quantitative estimate of drug-likeness (QED) is 0.678. The lowest BCUT2D eigenvalue weighted by Crippen LogP contribution is -2.17. The number of ether oxygens (including phenoxy) is 2. The molecule has 148 valence electrons. The van der Waals surface area contributed by atoms with Gasteiger partial charge in [-0.15, -0.1) is 0 Å². The monoisotopic (exact) mass is 389 g/mol. The molecular weight excluding hydrogens is 366 g/mol. The summed E-state index contributed by atoms with van der Waals surface area (Å²) in [7, 11) is 1.55. The molecule has 0 aliphatic heterocycles. The van der Waals surface area contributed by atoms with Crippen LogP contribution in [0.2, 0.25) is 0 Å². The smallest absolute Gasteiger partial charge is 0.274 e. The van der Waals surface area contributed by atoms with Gasteiger partial charge in [-0.1, -0.05) is 32.9 Å². The van der Waals surface area contributed by atoms with Gasteiger partial charge in [0.05, 0.1) is 24.8 Å². The Bertz CT molecular complexity index is 1090. The van der Waals surface area contributed by atoms with Crippen molar-refractivity contribution in [3.8, 4) is 17.6 Å². The number of amides is 1. The number of hydrogen-bond acceptors (Lipinski definition) is 5. The zero-order valence-electron chi connectivity index (χ0n) is 16.9. The highest BCUT2D eigenvalue weighted by molar-refractivity contribution is 6.05. The highest BCUT2D eigenvalue weighted by Crippen LogP contribution is 2.27. The van der Waals surface area contributed by atoms with Crippen molar-refractivity contribution in [2.75, 3.05) is 19.0 Å². The first-order valence-electron chi connectivity index (χ1n) is 9.23. The number of benzene rings is 2. The maximum Gasteiger partial charge on any atom is 0.274 e. The van der Waals surface area contributed by atoms with Gasteiger partial charge in [-0.25, -0.2) is 4.98 Å². The summed E-state index contributed by atoms with van der Waals surface area (Å²) in [4.78, 5) is 17.1. The normalized spacial score (nSPS) is 11.0. The van der Waals surface area contributed by atoms with Crippen molar-refractivity contribution in [2.24, 2.45) is 5.41 Å². The molecule has 0 unspecified atom stereocenters. The number of para-hydroxylation sites is 1. The molecule has 0 aliphatic carbocycles. The van der Waals surface area contributed by atoms with Crippen molar-refractivity contribution in [2.45, 2.75) is 20.8 Å². The van der Waals surface area contributed by atoms with Crippen LogP contribution in [0.25, 0.3) is 10.9 Å². The van der Waals surface area contributed by atoms with Crippen molar-refractivity contribution in [3.63, 3.8) is 0 Å². The predicted molar refractivity (Wildman–Crippen MR) is 112 cm³/mol. The standard InChI is InChI=1S/C23H23N3O3/c1-23(2,3)14-29-20-10-9-16(11-15(20)13-24)25-22(27)19-12-21(28-4)17-7-5-6-8-18(17)26-19/h5-12H,14H2,1-4H3,(H,25,27). The molecule has 1 N–H and O–H groups in total. The van der Waals surface area contributed by atoms with Gasteiger partial charge in [0, 0.05) is 17.1 Å². The number of nitrogens with one attached hydrogen (secondary N) is 1. The molecule has 29 heavy (non-hydrogen) atoms. The molecule has 1 aromatic heterocycles. The van der Waals surface area contributed by atoms with Gasteiger partial charge in [0.2, 0.25) is 0 Å². The molecule has 1 amide bonds. The van der Waals surface area contributed by atoms with Crippen molar-refractivity contribution < 1.29 is 14.3 Å². The van der Waals surface area contributed by atoms with Crippen LogP contribution >= 0.6 is 0 Å². The topological polar surface area (TPSA) is 84.2 Å². The molecule has 0 aliphatic rings. The molecule has 1 heterocycles. The number of anilines is 1. The number of nitriles is 1. The fraction of sp³-hybridized carbons (Fsp3) is 0.261. The van der Waals surface area contributed by atoms with Crippen LogP contribution < -0.4 is 14.8 Å². The summed E-state index contributed by atoms with van der Waals surface area (Å²) < 4.78 is 11.1. The number of nitrogens with zero attached hydrogens (tertiary/aromatic N) is 2. The zero-order valence-corrected chi connectivity index (χ0v) is 16.9. The Kier molecular flexibility index (Phi) is 5.69. The summed E-state index contributed by atoms with van der Waals surface area (Å²) in [5.41, 5.74) is 1.72. The second-order valence-electron chi connectivity index (χ2n) is 7.85. The van der Waals surface area contributed by atoms with Crippen LogP contribution in [-0.4, -0.2) is 24.6 Å². The second kappa shape index (κ2) is 8.19. The van der Waals surface area contributed by atoms with Gasteiger partial charge in [0.25, 0.3) is 5.91 Å². The third-order valence-corrected chi connectivity index (χ3v) is 4.15. The molecule has 0 bridgehead atoms. The van der Waals surface area contributed by atoms with E-state index in [9.17, 15) is 10.1 Å². The van der Waals surface area contributed by atoms with Crippen molar-refractivity contribution >= 4 is 22.5 Å². The van der Waals surface area contributed by atoms with E-state index in [0.29, 0.717) is 34.9 Å². The fourth-order valence-electron chi connectivity index (χ4n) is 2.74. The largest absolute Gasteiger partial charge is 0.496 e. The van der Waals surface area contributed by atoms with Crippen LogP contribution in [-0.2, 0) is 0 Å². The van der Waals surface area contributed by atoms with Crippen LogP contribution in [0.1, 0.15) is 36.8 Å². The first-order chi connectivity index (χ1) is 13.8. The summed E-state index contributed by atoms with van der Waals surface area (Å²) in [6.07, 6.45) is 0. The van der Waals surface area contributed by atoms with E-state index in [1.54, 1.807) is 31.4 Å². The zero-order chi connectivity index (χ0) is 21.0. The third kappa shape index (κ3) is 4.82. The average Bonchev–Trinajstić information content (AvgIpc) is 2.71. The highest BCUT2D eigenvalue weighted by Gasteiger charge is 2.16. The Morgan fingerprint density at radius 3 is 2.59 bits per heavy atom. The third-order valence-electron chi connectivity index (χ3n) is 4.15. The maximum atomic E-state index is 12.7. The number of aromatic nitrogens is 1. The molecule has 3 aromatic rings. The van der Waals surface area contributed by atoms with Crippen LogP contribution in [0.3, 0.4) is 0 Å². The lowest BCUT2D eigenvalue weighted by atomic mass is 9.98. The van der Waals surface area contributed by atoms with Crippen LogP contribution in [0.15, 0.2) is 48.5 Å².